The van der Waals surface area contributed by atoms with Gasteiger partial charge in [0.05, 0.1) is 14.2 Å². The Balaban J connectivity index is 0. The number of hydrogen-bond donors (Lipinski definition) is 0. The smallest absolute Gasteiger partial charge is 0.772 e. The Hall–Kier alpha value is 0.0903. The fraction of sp³-hybridized carbons (Fsp3) is 0.688. The molecule has 1 rings (SSSR count). The molecule has 0 saturated heterocycles. The van der Waals surface area contributed by atoms with E-state index in [0.717, 1.165) is 11.8 Å². The molecule has 0 spiro atoms. The molecule has 0 aromatic heterocycles. The number of ether oxygens (including phenoxy) is 2. The van der Waals surface area contributed by atoms with Gasteiger partial charge in [-0.1, -0.05) is 71.1 Å². The van der Waals surface area contributed by atoms with Crippen LogP contribution in [0.3, 0.4) is 0 Å². The zero-order valence-corrected chi connectivity index (χ0v) is 19.5. The molecule has 0 heterocycles. The SMILES string of the molecule is C1CCCCC1.COC(=O)/C([S-])=C(/S[CH-][Si](C)(C)C)C(=O)OC.[Ru+2]. The fourth-order valence-corrected chi connectivity index (χ4v) is 4.34. The predicted octanol–water partition coefficient (Wildman–Crippen LogP) is 4.20. The third-order valence-corrected chi connectivity index (χ3v) is 7.38. The summed E-state index contributed by atoms with van der Waals surface area (Å²) in [6.07, 6.45) is 9.00. The molecule has 0 aromatic carbocycles. The molecule has 1 aliphatic carbocycles. The van der Waals surface area contributed by atoms with E-state index < -0.39 is 20.0 Å². The number of carbonyl (C=O) groups excluding carboxylic acids is 2. The van der Waals surface area contributed by atoms with Gasteiger partial charge in [-0.15, -0.1) is 0 Å². The number of rotatable bonds is 5. The van der Waals surface area contributed by atoms with Crippen molar-refractivity contribution in [2.75, 3.05) is 14.2 Å². The molecule has 0 N–H and O–H groups in total. The molecule has 0 unspecified atom stereocenters. The summed E-state index contributed by atoms with van der Waals surface area (Å²) in [6.45, 7) is 6.32. The van der Waals surface area contributed by atoms with Crippen molar-refractivity contribution in [2.24, 2.45) is 0 Å². The van der Waals surface area contributed by atoms with E-state index in [-0.39, 0.29) is 29.3 Å². The van der Waals surface area contributed by atoms with Crippen molar-refractivity contribution in [1.82, 2.24) is 0 Å². The van der Waals surface area contributed by atoms with Gasteiger partial charge >= 0.3 is 31.4 Å². The van der Waals surface area contributed by atoms with Gasteiger partial charge in [-0.05, 0) is 0 Å². The van der Waals surface area contributed by atoms with Gasteiger partial charge in [0.1, 0.15) is 0 Å². The van der Waals surface area contributed by atoms with Crippen molar-refractivity contribution in [1.29, 1.82) is 0 Å². The Labute approximate surface area is 170 Å². The Bertz CT molecular complexity index is 407. The van der Waals surface area contributed by atoms with E-state index in [9.17, 15) is 9.59 Å². The molecule has 1 fully saturated rings. The molecular formula is C16H28O4RuS2Si. The maximum Gasteiger partial charge on any atom is 2.00 e. The quantitative estimate of drug-likeness (QED) is 0.194. The zero-order chi connectivity index (χ0) is 17.9. The predicted molar refractivity (Wildman–Crippen MR) is 101 cm³/mol. The largest absolute Gasteiger partial charge is 2.00 e. The van der Waals surface area contributed by atoms with Gasteiger partial charge in [0.2, 0.25) is 0 Å². The van der Waals surface area contributed by atoms with Crippen molar-refractivity contribution in [3.05, 3.63) is 15.2 Å². The molecule has 0 aliphatic heterocycles. The summed E-state index contributed by atoms with van der Waals surface area (Å²) < 4.78 is 9.09. The van der Waals surface area contributed by atoms with E-state index in [1.807, 2.05) is 5.38 Å². The van der Waals surface area contributed by atoms with Gasteiger partial charge in [-0.2, -0.15) is 0 Å². The Kier molecular flexibility index (Phi) is 15.7. The molecule has 4 nitrogen and oxygen atoms in total. The van der Waals surface area contributed by atoms with E-state index in [1.54, 1.807) is 0 Å². The van der Waals surface area contributed by atoms with Crippen LogP contribution in [0.25, 0.3) is 0 Å². The van der Waals surface area contributed by atoms with Crippen molar-refractivity contribution in [3.8, 4) is 0 Å². The number of thioether (sulfide) groups is 1. The van der Waals surface area contributed by atoms with E-state index in [2.05, 4.69) is 29.1 Å². The molecule has 0 atom stereocenters. The molecule has 0 aromatic rings. The minimum atomic E-state index is -1.47. The third kappa shape index (κ3) is 12.5. The number of carbonyl (C=O) groups is 2. The van der Waals surface area contributed by atoms with Crippen LogP contribution in [0, 0.1) is 5.38 Å². The zero-order valence-electron chi connectivity index (χ0n) is 15.1. The van der Waals surface area contributed by atoms with Crippen LogP contribution in [0.1, 0.15) is 38.5 Å². The summed E-state index contributed by atoms with van der Waals surface area (Å²) in [4.78, 5) is 22.8. The van der Waals surface area contributed by atoms with E-state index >= 15 is 0 Å². The minimum absolute atomic E-state index is 0. The van der Waals surface area contributed by atoms with Gasteiger partial charge in [-0.25, -0.2) is 9.59 Å². The van der Waals surface area contributed by atoms with Crippen LogP contribution < -0.4 is 0 Å². The maximum absolute atomic E-state index is 11.5. The monoisotopic (exact) mass is 478 g/mol. The van der Waals surface area contributed by atoms with E-state index in [4.69, 9.17) is 12.6 Å². The third-order valence-electron chi connectivity index (χ3n) is 2.98. The van der Waals surface area contributed by atoms with Crippen LogP contribution in [0.4, 0.5) is 0 Å². The summed E-state index contributed by atoms with van der Waals surface area (Å²) in [5.41, 5.74) is 0. The normalized spacial score (nSPS) is 15.0. The average molecular weight is 478 g/mol. The first kappa shape index (κ1) is 26.3. The summed E-state index contributed by atoms with van der Waals surface area (Å²) in [7, 11) is 0.994. The summed E-state index contributed by atoms with van der Waals surface area (Å²) >= 11 is 6.04. The maximum atomic E-state index is 11.5. The molecule has 1 aliphatic rings. The van der Waals surface area contributed by atoms with Gasteiger partial charge in [0.25, 0.3) is 0 Å². The Morgan fingerprint density at radius 3 is 1.58 bits per heavy atom. The van der Waals surface area contributed by atoms with E-state index in [1.165, 1.54) is 52.7 Å². The standard InChI is InChI=1S/C10H17O4S2Si.C6H12.Ru/c1-13-9(11)7(15)8(10(12)14-2)16-6-17(3,4)5;1-2-4-6-5-3-1;/h6,15H,1-5H3;1-6H2;/q-1;;+2/p-1/b8-7-;;. The average Bonchev–Trinajstić information content (AvgIpc) is 2.54. The Morgan fingerprint density at radius 1 is 0.917 bits per heavy atom. The van der Waals surface area contributed by atoms with Gasteiger partial charge < -0.3 is 33.9 Å². The topological polar surface area (TPSA) is 52.6 Å². The van der Waals surface area contributed by atoms with Crippen LogP contribution in [-0.2, 0) is 51.2 Å². The van der Waals surface area contributed by atoms with Gasteiger partial charge in [-0.3, -0.25) is 5.38 Å². The first-order valence-corrected chi connectivity index (χ1v) is 12.7. The summed E-state index contributed by atoms with van der Waals surface area (Å²) in [5, 5.41) is 1.95. The minimum Gasteiger partial charge on any atom is -0.772 e. The molecular weight excluding hydrogens is 449 g/mol. The molecule has 24 heavy (non-hydrogen) atoms. The van der Waals surface area contributed by atoms with Crippen LogP contribution in [0.15, 0.2) is 9.81 Å². The van der Waals surface area contributed by atoms with Crippen molar-refractivity contribution >= 4 is 44.4 Å². The van der Waals surface area contributed by atoms with Crippen LogP contribution in [0.5, 0.6) is 0 Å². The number of hydrogen-bond acceptors (Lipinski definition) is 6. The van der Waals surface area contributed by atoms with E-state index in [0.29, 0.717) is 0 Å². The molecule has 0 radical (unpaired) electrons. The second kappa shape index (κ2) is 14.3. The van der Waals surface area contributed by atoms with Gasteiger partial charge in [0, 0.05) is 4.91 Å². The first-order valence-electron chi connectivity index (χ1n) is 7.82. The molecule has 8 heteroatoms. The van der Waals surface area contributed by atoms with Crippen LogP contribution in [0.2, 0.25) is 19.6 Å². The summed E-state index contributed by atoms with van der Waals surface area (Å²) in [5.74, 6) is -1.31. The number of methoxy groups -OCH3 is 2. The number of esters is 2. The van der Waals surface area contributed by atoms with Crippen molar-refractivity contribution in [3.63, 3.8) is 0 Å². The summed E-state index contributed by atoms with van der Waals surface area (Å²) in [6, 6.07) is 0. The molecule has 140 valence electrons. The van der Waals surface area contributed by atoms with Crippen molar-refractivity contribution < 1.29 is 38.5 Å². The second-order valence-corrected chi connectivity index (χ2v) is 13.1. The van der Waals surface area contributed by atoms with Crippen molar-refractivity contribution in [2.45, 2.75) is 58.2 Å². The molecule has 0 amide bonds. The Morgan fingerprint density at radius 2 is 1.29 bits per heavy atom. The van der Waals surface area contributed by atoms with Crippen LogP contribution >= 0.6 is 11.8 Å². The van der Waals surface area contributed by atoms with Gasteiger partial charge in [0.15, 0.2) is 0 Å². The van der Waals surface area contributed by atoms with Crippen LogP contribution in [-0.4, -0.2) is 34.2 Å². The molecule has 0 bridgehead atoms. The first-order chi connectivity index (χ1) is 10.7. The molecule has 1 saturated carbocycles. The second-order valence-electron chi connectivity index (χ2n) is 6.36. The fourth-order valence-electron chi connectivity index (χ4n) is 1.77.